The zero-order valence-electron chi connectivity index (χ0n) is 16.9. The smallest absolute Gasteiger partial charge is 0.274 e. The van der Waals surface area contributed by atoms with Crippen molar-refractivity contribution in [2.24, 2.45) is 0 Å². The first-order valence-corrected chi connectivity index (χ1v) is 11.9. The van der Waals surface area contributed by atoms with Gasteiger partial charge in [-0.25, -0.2) is 21.9 Å². The molecule has 2 N–H and O–H groups in total. The van der Waals surface area contributed by atoms with Crippen LogP contribution < -0.4 is 14.8 Å². The minimum atomic E-state index is -3.38. The Labute approximate surface area is 175 Å². The van der Waals surface area contributed by atoms with Gasteiger partial charge < -0.3 is 14.8 Å². The molecule has 30 heavy (non-hydrogen) atoms. The Hall–Kier alpha value is -1.62. The summed E-state index contributed by atoms with van der Waals surface area (Å²) < 4.78 is 66.2. The Kier molecular flexibility index (Phi) is 7.43. The summed E-state index contributed by atoms with van der Waals surface area (Å²) in [5, 5.41) is 3.12. The topological polar surface area (TPSA) is 93.7 Å². The first kappa shape index (κ1) is 23.1. The van der Waals surface area contributed by atoms with Gasteiger partial charge in [0.25, 0.3) is 5.92 Å². The number of para-hydroxylation sites is 1. The molecule has 0 unspecified atom stereocenters. The van der Waals surface area contributed by atoms with Gasteiger partial charge in [0.05, 0.1) is 12.9 Å². The number of carbonyl (C=O) groups excluding carboxylic acids is 1. The van der Waals surface area contributed by atoms with E-state index in [0.29, 0.717) is 37.0 Å². The molecular weight excluding hydrogens is 418 g/mol. The maximum Gasteiger partial charge on any atom is 0.274 e. The predicted octanol–water partition coefficient (Wildman–Crippen LogP) is 1.83. The molecule has 1 aromatic carbocycles. The van der Waals surface area contributed by atoms with Gasteiger partial charge in [0, 0.05) is 18.5 Å². The summed E-state index contributed by atoms with van der Waals surface area (Å²) in [6, 6.07) is 6.24. The molecule has 1 aliphatic heterocycles. The van der Waals surface area contributed by atoms with E-state index in [4.69, 9.17) is 9.47 Å². The van der Waals surface area contributed by atoms with E-state index in [-0.39, 0.29) is 38.1 Å². The number of ether oxygens (including phenoxy) is 2. The second kappa shape index (κ2) is 9.67. The second-order valence-electron chi connectivity index (χ2n) is 7.92. The maximum absolute atomic E-state index is 14.9. The molecule has 0 bridgehead atoms. The number of hydrogen-bond donors (Lipinski definition) is 2. The van der Waals surface area contributed by atoms with Gasteiger partial charge in [-0.05, 0) is 43.4 Å². The van der Waals surface area contributed by atoms with Gasteiger partial charge in [-0.2, -0.15) is 0 Å². The number of nitrogens with one attached hydrogen (secondary N) is 2. The summed E-state index contributed by atoms with van der Waals surface area (Å²) in [6.45, 7) is 0.488. The molecule has 10 heteroatoms. The van der Waals surface area contributed by atoms with Crippen LogP contribution in [0.3, 0.4) is 0 Å². The van der Waals surface area contributed by atoms with Crippen molar-refractivity contribution >= 4 is 16.3 Å². The molecule has 7 nitrogen and oxygen atoms in total. The lowest BCUT2D eigenvalue weighted by Crippen LogP contribution is -2.48. The molecular formula is C20H28F2N2O5S. The average Bonchev–Trinajstić information content (AvgIpc) is 3.10. The van der Waals surface area contributed by atoms with Crippen molar-refractivity contribution in [2.75, 3.05) is 26.0 Å². The van der Waals surface area contributed by atoms with E-state index >= 15 is 0 Å². The number of rotatable bonds is 9. The number of carbonyl (C=O) groups is 1. The summed E-state index contributed by atoms with van der Waals surface area (Å²) >= 11 is 0. The Morgan fingerprint density at radius 2 is 2.03 bits per heavy atom. The number of sulfonamides is 1. The van der Waals surface area contributed by atoms with Gasteiger partial charge in [0.15, 0.2) is 6.29 Å². The molecule has 2 aliphatic rings. The van der Waals surface area contributed by atoms with Crippen molar-refractivity contribution in [2.45, 2.75) is 55.7 Å². The van der Waals surface area contributed by atoms with Crippen LogP contribution in [0.4, 0.5) is 8.78 Å². The lowest BCUT2D eigenvalue weighted by atomic mass is 9.80. The van der Waals surface area contributed by atoms with Crippen LogP contribution in [0.25, 0.3) is 0 Å². The van der Waals surface area contributed by atoms with Crippen molar-refractivity contribution in [1.29, 1.82) is 0 Å². The summed E-state index contributed by atoms with van der Waals surface area (Å²) in [5.41, 5.74) is 0.673. The fourth-order valence-electron chi connectivity index (χ4n) is 4.25. The van der Waals surface area contributed by atoms with Gasteiger partial charge >= 0.3 is 0 Å². The van der Waals surface area contributed by atoms with Gasteiger partial charge in [-0.15, -0.1) is 0 Å². The maximum atomic E-state index is 14.9. The van der Waals surface area contributed by atoms with Crippen LogP contribution in [0.5, 0.6) is 5.75 Å². The highest BCUT2D eigenvalue weighted by Crippen LogP contribution is 2.45. The van der Waals surface area contributed by atoms with Crippen LogP contribution in [0.15, 0.2) is 24.3 Å². The van der Waals surface area contributed by atoms with Gasteiger partial charge in [-0.1, -0.05) is 18.2 Å². The number of aldehydes is 1. The van der Waals surface area contributed by atoms with E-state index < -0.39 is 28.0 Å². The normalized spacial score (nSPS) is 28.9. The van der Waals surface area contributed by atoms with Gasteiger partial charge in [-0.3, -0.25) is 4.79 Å². The molecule has 0 spiro atoms. The number of halogens is 2. The number of alkyl halides is 2. The van der Waals surface area contributed by atoms with E-state index in [2.05, 4.69) is 10.0 Å². The van der Waals surface area contributed by atoms with Crippen LogP contribution in [-0.2, 0) is 19.6 Å². The number of hydrogen-bond acceptors (Lipinski definition) is 6. The molecule has 1 saturated heterocycles. The van der Waals surface area contributed by atoms with Crippen molar-refractivity contribution in [3.05, 3.63) is 29.8 Å². The van der Waals surface area contributed by atoms with E-state index in [1.807, 2.05) is 0 Å². The highest BCUT2D eigenvalue weighted by atomic mass is 32.2. The highest BCUT2D eigenvalue weighted by Gasteiger charge is 2.47. The summed E-state index contributed by atoms with van der Waals surface area (Å²) in [4.78, 5) is 10.6. The van der Waals surface area contributed by atoms with E-state index in [1.165, 1.54) is 0 Å². The van der Waals surface area contributed by atoms with Crippen molar-refractivity contribution < 1.29 is 31.5 Å². The van der Waals surface area contributed by atoms with Crippen molar-refractivity contribution in [3.63, 3.8) is 0 Å². The van der Waals surface area contributed by atoms with Gasteiger partial charge in [0.1, 0.15) is 18.5 Å². The summed E-state index contributed by atoms with van der Waals surface area (Å²) in [6.07, 6.45) is 1.37. The molecule has 1 saturated carbocycles. The standard InChI is InChI=1S/C20H28F2N2O5S/c1-30(26,27)24-16-8-9-23-17(16)13-29-19-7-6-14(12-20(19,21)22)15-4-2-3-5-18(15)28-11-10-25/h2-5,10,14,16-17,19,23-24H,6-9,11-13H2,1H3/t14-,16+,17+,19+/m1/s1. The fourth-order valence-corrected chi connectivity index (χ4v) is 5.08. The van der Waals surface area contributed by atoms with Crippen LogP contribution in [0.1, 0.15) is 37.2 Å². The van der Waals surface area contributed by atoms with Gasteiger partial charge in [0.2, 0.25) is 10.0 Å². The molecule has 1 aliphatic carbocycles. The molecule has 0 amide bonds. The van der Waals surface area contributed by atoms with E-state index in [9.17, 15) is 22.0 Å². The average molecular weight is 447 g/mol. The Morgan fingerprint density at radius 3 is 2.73 bits per heavy atom. The minimum absolute atomic E-state index is 0.0111. The summed E-state index contributed by atoms with van der Waals surface area (Å²) in [7, 11) is -3.38. The largest absolute Gasteiger partial charge is 0.486 e. The lowest BCUT2D eigenvalue weighted by molar-refractivity contribution is -0.164. The third kappa shape index (κ3) is 5.96. The molecule has 3 rings (SSSR count). The molecule has 0 radical (unpaired) electrons. The van der Waals surface area contributed by atoms with E-state index in [1.54, 1.807) is 24.3 Å². The third-order valence-electron chi connectivity index (χ3n) is 5.62. The fraction of sp³-hybridized carbons (Fsp3) is 0.650. The zero-order chi connectivity index (χ0) is 21.8. The van der Waals surface area contributed by atoms with Crippen molar-refractivity contribution in [1.82, 2.24) is 10.0 Å². The first-order valence-electron chi connectivity index (χ1n) is 10.0. The molecule has 1 heterocycles. The van der Waals surface area contributed by atoms with Crippen LogP contribution in [-0.4, -0.2) is 64.8 Å². The molecule has 0 aromatic heterocycles. The van der Waals surface area contributed by atoms with Crippen LogP contribution in [0, 0.1) is 0 Å². The Balaban J connectivity index is 1.60. The quantitative estimate of drug-likeness (QED) is 0.562. The Morgan fingerprint density at radius 1 is 1.27 bits per heavy atom. The molecule has 2 fully saturated rings. The molecule has 4 atom stereocenters. The Bertz CT molecular complexity index is 836. The second-order valence-corrected chi connectivity index (χ2v) is 9.70. The molecule has 1 aromatic rings. The van der Waals surface area contributed by atoms with Crippen LogP contribution in [0.2, 0.25) is 0 Å². The monoisotopic (exact) mass is 446 g/mol. The van der Waals surface area contributed by atoms with Crippen LogP contribution >= 0.6 is 0 Å². The van der Waals surface area contributed by atoms with Crippen molar-refractivity contribution in [3.8, 4) is 5.75 Å². The highest BCUT2D eigenvalue weighted by molar-refractivity contribution is 7.88. The predicted molar refractivity (Wildman–Crippen MR) is 107 cm³/mol. The number of benzene rings is 1. The zero-order valence-corrected chi connectivity index (χ0v) is 17.7. The summed E-state index contributed by atoms with van der Waals surface area (Å²) in [5.74, 6) is -2.97. The minimum Gasteiger partial charge on any atom is -0.486 e. The SMILES string of the molecule is CS(=O)(=O)N[C@H]1CCN[C@H]1CO[C@H]1CC[C@@H](c2ccccc2OCC=O)CC1(F)F. The van der Waals surface area contributed by atoms with E-state index in [0.717, 1.165) is 6.26 Å². The molecule has 168 valence electrons. The lowest BCUT2D eigenvalue weighted by Gasteiger charge is -2.37. The third-order valence-corrected chi connectivity index (χ3v) is 6.35. The first-order chi connectivity index (χ1) is 14.2.